The zero-order valence-corrected chi connectivity index (χ0v) is 13.5. The molecule has 1 amide bonds. The van der Waals surface area contributed by atoms with Crippen LogP contribution < -0.4 is 0 Å². The average molecular weight is 338 g/mol. The van der Waals surface area contributed by atoms with Crippen molar-refractivity contribution in [3.63, 3.8) is 0 Å². The fraction of sp³-hybridized carbons (Fsp3) is 0.368. The Labute approximate surface area is 144 Å². The van der Waals surface area contributed by atoms with E-state index in [-0.39, 0.29) is 5.91 Å². The van der Waals surface area contributed by atoms with E-state index in [4.69, 9.17) is 4.74 Å². The molecule has 0 radical (unpaired) electrons. The number of aromatic amines is 1. The molecule has 2 bridgehead atoms. The number of amides is 1. The van der Waals surface area contributed by atoms with Crippen LogP contribution in [0.25, 0.3) is 10.9 Å². The van der Waals surface area contributed by atoms with Crippen molar-refractivity contribution >= 4 is 22.8 Å². The first-order valence-electron chi connectivity index (χ1n) is 8.53. The lowest BCUT2D eigenvalue weighted by molar-refractivity contribution is -0.148. The van der Waals surface area contributed by atoms with Crippen LogP contribution >= 0.6 is 0 Å². The molecule has 2 aromatic rings. The highest BCUT2D eigenvalue weighted by atomic mass is 16.5. The molecule has 6 heteroatoms. The molecule has 1 aromatic heterocycles. The third-order valence-electron chi connectivity index (χ3n) is 5.79. The van der Waals surface area contributed by atoms with Crippen LogP contribution in [0.1, 0.15) is 5.56 Å². The molecule has 0 saturated carbocycles. The summed E-state index contributed by atoms with van der Waals surface area (Å²) in [5, 5.41) is 10.7. The van der Waals surface area contributed by atoms with Gasteiger partial charge in [0.05, 0.1) is 18.6 Å². The Morgan fingerprint density at radius 2 is 2.24 bits per heavy atom. The Bertz CT molecular complexity index is 917. The summed E-state index contributed by atoms with van der Waals surface area (Å²) < 4.78 is 5.91. The highest BCUT2D eigenvalue weighted by molar-refractivity contribution is 5.91. The third-order valence-corrected chi connectivity index (χ3v) is 5.79. The zero-order chi connectivity index (χ0) is 17.2. The van der Waals surface area contributed by atoms with Crippen LogP contribution in [-0.2, 0) is 20.7 Å². The van der Waals surface area contributed by atoms with Crippen molar-refractivity contribution in [1.29, 1.82) is 0 Å². The second-order valence-electron chi connectivity index (χ2n) is 7.11. The number of para-hydroxylation sites is 1. The van der Waals surface area contributed by atoms with Crippen LogP contribution in [0.5, 0.6) is 0 Å². The van der Waals surface area contributed by atoms with Crippen LogP contribution in [0, 0.1) is 11.8 Å². The molecule has 6 nitrogen and oxygen atoms in total. The number of nitrogens with zero attached hydrogens (tertiary/aromatic N) is 1. The number of aromatic nitrogens is 1. The normalized spacial score (nSPS) is 32.7. The summed E-state index contributed by atoms with van der Waals surface area (Å²) >= 11 is 0. The number of ether oxygens (including phenoxy) is 1. The predicted octanol–water partition coefficient (Wildman–Crippen LogP) is 1.58. The number of carbonyl (C=O) groups is 2. The van der Waals surface area contributed by atoms with Crippen LogP contribution in [0.15, 0.2) is 42.6 Å². The maximum absolute atomic E-state index is 12.9. The molecule has 4 heterocycles. The molecule has 128 valence electrons. The lowest BCUT2D eigenvalue weighted by Crippen LogP contribution is -2.39. The van der Waals surface area contributed by atoms with Gasteiger partial charge in [-0.25, -0.2) is 0 Å². The standard InChI is InChI=1S/C19H18N2O4/c22-17-16-15(18(23)24)14-5-7-19(16,25-14)10-21(17)8-6-11-9-20-13-4-2-1-3-12(11)13/h1-5,7,9,14-16,20H,6,8,10H2,(H,23,24)/t14-,15+,16+,19-/m1/s1. The summed E-state index contributed by atoms with van der Waals surface area (Å²) in [7, 11) is 0. The molecular formula is C19H18N2O4. The minimum atomic E-state index is -0.951. The summed E-state index contributed by atoms with van der Waals surface area (Å²) in [6.07, 6.45) is 5.93. The van der Waals surface area contributed by atoms with Gasteiger partial charge in [0.25, 0.3) is 0 Å². The summed E-state index contributed by atoms with van der Waals surface area (Å²) in [6.45, 7) is 1.00. The molecule has 0 unspecified atom stereocenters. The topological polar surface area (TPSA) is 82.6 Å². The number of carbonyl (C=O) groups excluding carboxylic acids is 1. The number of rotatable bonds is 4. The molecule has 25 heavy (non-hydrogen) atoms. The Morgan fingerprint density at radius 1 is 1.40 bits per heavy atom. The number of carboxylic acids is 1. The second-order valence-corrected chi connectivity index (χ2v) is 7.11. The molecule has 4 atom stereocenters. The fourth-order valence-corrected chi connectivity index (χ4v) is 4.64. The van der Waals surface area contributed by atoms with Gasteiger partial charge in [-0.3, -0.25) is 9.59 Å². The number of H-pyrrole nitrogens is 1. The first kappa shape index (κ1) is 14.7. The summed E-state index contributed by atoms with van der Waals surface area (Å²) in [5.74, 6) is -2.41. The largest absolute Gasteiger partial charge is 0.481 e. The first-order valence-corrected chi connectivity index (χ1v) is 8.53. The van der Waals surface area contributed by atoms with Gasteiger partial charge >= 0.3 is 5.97 Å². The summed E-state index contributed by atoms with van der Waals surface area (Å²) in [6, 6.07) is 8.07. The van der Waals surface area contributed by atoms with E-state index in [1.54, 1.807) is 11.0 Å². The molecule has 3 aliphatic rings. The number of likely N-dealkylation sites (tertiary alicyclic amines) is 1. The smallest absolute Gasteiger partial charge is 0.310 e. The quantitative estimate of drug-likeness (QED) is 0.829. The molecule has 2 N–H and O–H groups in total. The van der Waals surface area contributed by atoms with Crippen LogP contribution in [0.2, 0.25) is 0 Å². The van der Waals surface area contributed by atoms with E-state index >= 15 is 0 Å². The number of nitrogens with one attached hydrogen (secondary N) is 1. The van der Waals surface area contributed by atoms with Crippen molar-refractivity contribution in [2.75, 3.05) is 13.1 Å². The van der Waals surface area contributed by atoms with Crippen molar-refractivity contribution in [3.8, 4) is 0 Å². The van der Waals surface area contributed by atoms with Gasteiger partial charge < -0.3 is 19.7 Å². The molecule has 2 saturated heterocycles. The average Bonchev–Trinajstić information content (AvgIpc) is 3.33. The summed E-state index contributed by atoms with van der Waals surface area (Å²) in [5.41, 5.74) is 1.50. The number of fused-ring (bicyclic) bond motifs is 2. The molecule has 0 aliphatic carbocycles. The van der Waals surface area contributed by atoms with Gasteiger partial charge in [0.15, 0.2) is 0 Å². The fourth-order valence-electron chi connectivity index (χ4n) is 4.64. The van der Waals surface area contributed by atoms with Crippen LogP contribution in [0.3, 0.4) is 0 Å². The number of hydrogen-bond acceptors (Lipinski definition) is 3. The number of aliphatic carboxylic acids is 1. The van der Waals surface area contributed by atoms with E-state index in [9.17, 15) is 14.7 Å². The molecule has 3 aliphatic heterocycles. The Kier molecular flexibility index (Phi) is 2.92. The number of benzene rings is 1. The SMILES string of the molecule is O=C(O)[C@@H]1[C@H]2C(=O)N(CCc3c[nH]c4ccccc34)C[C@]23C=C[C@H]1O3. The molecule has 2 fully saturated rings. The monoisotopic (exact) mass is 338 g/mol. The van der Waals surface area contributed by atoms with E-state index in [1.165, 1.54) is 0 Å². The maximum Gasteiger partial charge on any atom is 0.310 e. The lowest BCUT2D eigenvalue weighted by atomic mass is 9.77. The van der Waals surface area contributed by atoms with Crippen molar-refractivity contribution in [2.24, 2.45) is 11.8 Å². The molecule has 1 aromatic carbocycles. The van der Waals surface area contributed by atoms with Crippen molar-refractivity contribution in [2.45, 2.75) is 18.1 Å². The third kappa shape index (κ3) is 1.94. The van der Waals surface area contributed by atoms with E-state index < -0.39 is 29.5 Å². The second kappa shape index (κ2) is 4.95. The maximum atomic E-state index is 12.9. The van der Waals surface area contributed by atoms with Gasteiger partial charge in [-0.2, -0.15) is 0 Å². The highest BCUT2D eigenvalue weighted by Gasteiger charge is 2.66. The molecule has 5 rings (SSSR count). The number of carboxylic acid groups (broad SMARTS) is 1. The van der Waals surface area contributed by atoms with Gasteiger partial charge in [-0.15, -0.1) is 0 Å². The minimum Gasteiger partial charge on any atom is -0.481 e. The van der Waals surface area contributed by atoms with Crippen molar-refractivity contribution < 1.29 is 19.4 Å². The van der Waals surface area contributed by atoms with Crippen molar-refractivity contribution in [1.82, 2.24) is 9.88 Å². The lowest BCUT2D eigenvalue weighted by Gasteiger charge is -2.21. The molecular weight excluding hydrogens is 320 g/mol. The van der Waals surface area contributed by atoms with E-state index in [0.29, 0.717) is 13.1 Å². The van der Waals surface area contributed by atoms with Gasteiger partial charge in [-0.1, -0.05) is 30.4 Å². The van der Waals surface area contributed by atoms with Gasteiger partial charge in [0, 0.05) is 23.6 Å². The number of hydrogen-bond donors (Lipinski definition) is 2. The Balaban J connectivity index is 1.37. The highest BCUT2D eigenvalue weighted by Crippen LogP contribution is 2.51. The first-order chi connectivity index (χ1) is 12.1. The Morgan fingerprint density at radius 3 is 3.08 bits per heavy atom. The minimum absolute atomic E-state index is 0.0981. The Hall–Kier alpha value is -2.60. The van der Waals surface area contributed by atoms with E-state index in [0.717, 1.165) is 22.9 Å². The predicted molar refractivity (Wildman–Crippen MR) is 89.9 cm³/mol. The zero-order valence-electron chi connectivity index (χ0n) is 13.5. The van der Waals surface area contributed by atoms with Gasteiger partial charge in [0.2, 0.25) is 5.91 Å². The van der Waals surface area contributed by atoms with E-state index in [1.807, 2.05) is 30.5 Å². The molecule has 1 spiro atoms. The van der Waals surface area contributed by atoms with Crippen LogP contribution in [0.4, 0.5) is 0 Å². The summed E-state index contributed by atoms with van der Waals surface area (Å²) in [4.78, 5) is 29.4. The van der Waals surface area contributed by atoms with Gasteiger partial charge in [-0.05, 0) is 18.1 Å². The van der Waals surface area contributed by atoms with E-state index in [2.05, 4.69) is 11.1 Å². The van der Waals surface area contributed by atoms with Crippen LogP contribution in [-0.4, -0.2) is 51.7 Å². The van der Waals surface area contributed by atoms with Crippen molar-refractivity contribution in [3.05, 3.63) is 48.2 Å². The van der Waals surface area contributed by atoms with Gasteiger partial charge in [0.1, 0.15) is 11.5 Å².